The number of benzene rings is 2. The highest BCUT2D eigenvalue weighted by Gasteiger charge is 2.18. The first-order chi connectivity index (χ1) is 11.9. The molecule has 2 aromatic carbocycles. The zero-order valence-corrected chi connectivity index (χ0v) is 14.7. The molecule has 0 fully saturated rings. The SMILES string of the molecule is COc1ccc2cc(S(=O)(=O)/C=C/c3ccc(Cl)cc3)c(=O)oc2c1. The van der Waals surface area contributed by atoms with E-state index in [-0.39, 0.29) is 5.58 Å². The molecule has 0 saturated heterocycles. The first-order valence-electron chi connectivity index (χ1n) is 7.20. The van der Waals surface area contributed by atoms with Gasteiger partial charge in [-0.1, -0.05) is 23.7 Å². The van der Waals surface area contributed by atoms with E-state index in [0.717, 1.165) is 5.41 Å². The third kappa shape index (κ3) is 3.75. The van der Waals surface area contributed by atoms with Gasteiger partial charge in [0.25, 0.3) is 0 Å². The van der Waals surface area contributed by atoms with E-state index in [1.54, 1.807) is 36.4 Å². The molecule has 0 aliphatic rings. The van der Waals surface area contributed by atoms with Crippen LogP contribution in [0, 0.1) is 0 Å². The van der Waals surface area contributed by atoms with Crippen molar-refractivity contribution in [2.45, 2.75) is 4.90 Å². The molecule has 0 spiro atoms. The summed E-state index contributed by atoms with van der Waals surface area (Å²) in [7, 11) is -2.47. The average Bonchev–Trinajstić information content (AvgIpc) is 2.60. The molecule has 0 saturated carbocycles. The molecule has 3 aromatic rings. The fourth-order valence-corrected chi connectivity index (χ4v) is 3.39. The van der Waals surface area contributed by atoms with E-state index in [4.69, 9.17) is 20.8 Å². The predicted molar refractivity (Wildman–Crippen MR) is 96.7 cm³/mol. The van der Waals surface area contributed by atoms with E-state index in [1.807, 2.05) is 0 Å². The predicted octanol–water partition coefficient (Wildman–Crippen LogP) is 3.90. The third-order valence-electron chi connectivity index (χ3n) is 3.53. The van der Waals surface area contributed by atoms with Crippen LogP contribution in [0.3, 0.4) is 0 Å². The van der Waals surface area contributed by atoms with E-state index in [1.165, 1.54) is 25.3 Å². The zero-order chi connectivity index (χ0) is 18.0. The lowest BCUT2D eigenvalue weighted by atomic mass is 10.2. The Labute approximate surface area is 149 Å². The first kappa shape index (κ1) is 17.3. The van der Waals surface area contributed by atoms with Gasteiger partial charge in [-0.3, -0.25) is 0 Å². The maximum Gasteiger partial charge on any atom is 0.355 e. The number of halogens is 1. The molecule has 0 atom stereocenters. The lowest BCUT2D eigenvalue weighted by Gasteiger charge is -2.03. The molecule has 5 nitrogen and oxygen atoms in total. The maximum atomic E-state index is 12.5. The highest BCUT2D eigenvalue weighted by molar-refractivity contribution is 7.94. The molecule has 128 valence electrons. The van der Waals surface area contributed by atoms with Gasteiger partial charge in [0.15, 0.2) is 4.90 Å². The number of rotatable bonds is 4. The minimum absolute atomic E-state index is 0.255. The van der Waals surface area contributed by atoms with Crippen molar-refractivity contribution in [3.63, 3.8) is 0 Å². The van der Waals surface area contributed by atoms with E-state index in [0.29, 0.717) is 21.7 Å². The number of methoxy groups -OCH3 is 1. The van der Waals surface area contributed by atoms with Crippen LogP contribution in [-0.4, -0.2) is 15.5 Å². The molecule has 0 radical (unpaired) electrons. The van der Waals surface area contributed by atoms with Crippen molar-refractivity contribution < 1.29 is 17.6 Å². The molecular formula is C18H13ClO5S. The lowest BCUT2D eigenvalue weighted by Crippen LogP contribution is -2.11. The van der Waals surface area contributed by atoms with Crippen LogP contribution in [0.15, 0.2) is 68.0 Å². The lowest BCUT2D eigenvalue weighted by molar-refractivity contribution is 0.414. The van der Waals surface area contributed by atoms with Crippen LogP contribution in [0.1, 0.15) is 5.56 Å². The summed E-state index contributed by atoms with van der Waals surface area (Å²) in [5, 5.41) is 2.00. The van der Waals surface area contributed by atoms with Crippen LogP contribution in [0.2, 0.25) is 5.02 Å². The Morgan fingerprint density at radius 3 is 2.48 bits per heavy atom. The van der Waals surface area contributed by atoms with Crippen LogP contribution in [0.25, 0.3) is 17.0 Å². The van der Waals surface area contributed by atoms with E-state index in [9.17, 15) is 13.2 Å². The van der Waals surface area contributed by atoms with Crippen LogP contribution in [-0.2, 0) is 9.84 Å². The van der Waals surface area contributed by atoms with Crippen molar-refractivity contribution in [1.82, 2.24) is 0 Å². The number of ether oxygens (including phenoxy) is 1. The van der Waals surface area contributed by atoms with Crippen molar-refractivity contribution >= 4 is 38.5 Å². The van der Waals surface area contributed by atoms with Crippen molar-refractivity contribution in [3.8, 4) is 5.75 Å². The average molecular weight is 377 g/mol. The molecule has 25 heavy (non-hydrogen) atoms. The summed E-state index contributed by atoms with van der Waals surface area (Å²) in [4.78, 5) is 11.7. The topological polar surface area (TPSA) is 73.6 Å². The van der Waals surface area contributed by atoms with Gasteiger partial charge >= 0.3 is 5.63 Å². The van der Waals surface area contributed by atoms with Crippen molar-refractivity contribution in [3.05, 3.63) is 74.9 Å². The number of hydrogen-bond acceptors (Lipinski definition) is 5. The van der Waals surface area contributed by atoms with Gasteiger partial charge in [-0.2, -0.15) is 0 Å². The fourth-order valence-electron chi connectivity index (χ4n) is 2.21. The Bertz CT molecular complexity index is 1110. The Morgan fingerprint density at radius 2 is 1.80 bits per heavy atom. The molecule has 0 amide bonds. The van der Waals surface area contributed by atoms with Gasteiger partial charge in [0.05, 0.1) is 7.11 Å². The maximum absolute atomic E-state index is 12.5. The standard InChI is InChI=1S/C18H13ClO5S/c1-23-15-7-4-13-10-17(18(20)24-16(13)11-15)25(21,22)9-8-12-2-5-14(19)6-3-12/h2-11H,1H3/b9-8+. The second-order valence-electron chi connectivity index (χ2n) is 5.20. The van der Waals surface area contributed by atoms with Crippen LogP contribution in [0.5, 0.6) is 5.75 Å². The molecule has 7 heteroatoms. The largest absolute Gasteiger partial charge is 0.497 e. The monoisotopic (exact) mass is 376 g/mol. The van der Waals surface area contributed by atoms with Gasteiger partial charge in [-0.05, 0) is 42.0 Å². The van der Waals surface area contributed by atoms with Crippen molar-refractivity contribution in [2.75, 3.05) is 7.11 Å². The summed E-state index contributed by atoms with van der Waals surface area (Å²) >= 11 is 5.79. The van der Waals surface area contributed by atoms with E-state index >= 15 is 0 Å². The van der Waals surface area contributed by atoms with E-state index < -0.39 is 20.4 Å². The third-order valence-corrected chi connectivity index (χ3v) is 5.17. The molecular weight excluding hydrogens is 364 g/mol. The summed E-state index contributed by atoms with van der Waals surface area (Å²) in [5.41, 5.74) is -0.0330. The van der Waals surface area contributed by atoms with E-state index in [2.05, 4.69) is 0 Å². The normalized spacial score (nSPS) is 11.9. The molecule has 0 bridgehead atoms. The van der Waals surface area contributed by atoms with Crippen LogP contribution < -0.4 is 10.4 Å². The highest BCUT2D eigenvalue weighted by Crippen LogP contribution is 2.22. The summed E-state index contributed by atoms with van der Waals surface area (Å²) < 4.78 is 35.1. The second kappa shape index (κ2) is 6.74. The quantitative estimate of drug-likeness (QED) is 0.645. The van der Waals surface area contributed by atoms with Crippen LogP contribution in [0.4, 0.5) is 0 Å². The van der Waals surface area contributed by atoms with Gasteiger partial charge in [0.2, 0.25) is 9.84 Å². The Morgan fingerprint density at radius 1 is 1.08 bits per heavy atom. The van der Waals surface area contributed by atoms with Crippen molar-refractivity contribution in [2.24, 2.45) is 0 Å². The summed E-state index contributed by atoms with van der Waals surface area (Å²) in [5.74, 6) is 0.508. The minimum atomic E-state index is -3.96. The molecule has 0 aliphatic carbocycles. The highest BCUT2D eigenvalue weighted by atomic mass is 35.5. The molecule has 1 heterocycles. The number of fused-ring (bicyclic) bond motifs is 1. The molecule has 0 unspecified atom stereocenters. The number of sulfone groups is 1. The summed E-state index contributed by atoms with van der Waals surface area (Å²) in [6.07, 6.45) is 1.39. The Kier molecular flexibility index (Phi) is 4.65. The Hall–Kier alpha value is -2.57. The molecule has 0 aliphatic heterocycles. The smallest absolute Gasteiger partial charge is 0.355 e. The van der Waals surface area contributed by atoms with Gasteiger partial charge < -0.3 is 9.15 Å². The fraction of sp³-hybridized carbons (Fsp3) is 0.0556. The molecule has 0 N–H and O–H groups in total. The van der Waals surface area contributed by atoms with Gasteiger partial charge in [0, 0.05) is 21.9 Å². The van der Waals surface area contributed by atoms with Crippen LogP contribution >= 0.6 is 11.6 Å². The first-order valence-corrected chi connectivity index (χ1v) is 9.12. The van der Waals surface area contributed by atoms with Crippen molar-refractivity contribution in [1.29, 1.82) is 0 Å². The summed E-state index contributed by atoms with van der Waals surface area (Å²) in [6.45, 7) is 0. The minimum Gasteiger partial charge on any atom is -0.497 e. The van der Waals surface area contributed by atoms with Gasteiger partial charge in [-0.15, -0.1) is 0 Å². The van der Waals surface area contributed by atoms with Gasteiger partial charge in [-0.25, -0.2) is 13.2 Å². The van der Waals surface area contributed by atoms with Gasteiger partial charge in [0.1, 0.15) is 11.3 Å². The molecule has 1 aromatic heterocycles. The molecule has 3 rings (SSSR count). The zero-order valence-electron chi connectivity index (χ0n) is 13.1. The summed E-state index contributed by atoms with van der Waals surface area (Å²) in [6, 6.07) is 12.7. The Balaban J connectivity index is 2.03. The number of hydrogen-bond donors (Lipinski definition) is 0. The second-order valence-corrected chi connectivity index (χ2v) is 7.44.